The zero-order valence-electron chi connectivity index (χ0n) is 12.6. The molecule has 1 aromatic carbocycles. The van der Waals surface area contributed by atoms with Crippen molar-refractivity contribution in [3.63, 3.8) is 0 Å². The zero-order chi connectivity index (χ0) is 16.8. The van der Waals surface area contributed by atoms with Crippen LogP contribution < -0.4 is 11.1 Å². The van der Waals surface area contributed by atoms with E-state index in [1.165, 1.54) is 18.2 Å². The van der Waals surface area contributed by atoms with E-state index in [0.717, 1.165) is 0 Å². The van der Waals surface area contributed by atoms with E-state index in [2.05, 4.69) is 5.32 Å². The fraction of sp³-hybridized carbons (Fsp3) is 0.400. The number of halogens is 1. The Balaban J connectivity index is 1.85. The van der Waals surface area contributed by atoms with Gasteiger partial charge in [0.05, 0.1) is 13.1 Å². The molecular weight excluding hydrogens is 303 g/mol. The van der Waals surface area contributed by atoms with Crippen LogP contribution in [0.3, 0.4) is 0 Å². The molecular formula is C15H19FN4O3. The Kier molecular flexibility index (Phi) is 5.64. The molecule has 1 saturated heterocycles. The van der Waals surface area contributed by atoms with Crippen LogP contribution in [0.1, 0.15) is 10.4 Å². The molecule has 3 N–H and O–H groups in total. The molecule has 0 radical (unpaired) electrons. The van der Waals surface area contributed by atoms with Crippen molar-refractivity contribution < 1.29 is 18.8 Å². The molecule has 0 unspecified atom stereocenters. The van der Waals surface area contributed by atoms with E-state index in [9.17, 15) is 18.8 Å². The number of hydrogen-bond donors (Lipinski definition) is 2. The van der Waals surface area contributed by atoms with Crippen LogP contribution >= 0.6 is 0 Å². The fourth-order valence-corrected chi connectivity index (χ4v) is 2.32. The van der Waals surface area contributed by atoms with Crippen LogP contribution in [0, 0.1) is 5.82 Å². The number of carbonyl (C=O) groups is 3. The molecule has 1 aliphatic rings. The van der Waals surface area contributed by atoms with Gasteiger partial charge in [-0.3, -0.25) is 14.4 Å². The van der Waals surface area contributed by atoms with Gasteiger partial charge in [0.1, 0.15) is 5.82 Å². The SMILES string of the molecule is NCC(=O)NCC(=O)N1CCN(C(=O)c2cccc(F)c2)CC1. The molecule has 0 aromatic heterocycles. The fourth-order valence-electron chi connectivity index (χ4n) is 2.32. The van der Waals surface area contributed by atoms with E-state index in [-0.39, 0.29) is 24.9 Å². The van der Waals surface area contributed by atoms with E-state index in [0.29, 0.717) is 31.7 Å². The standard InChI is InChI=1S/C15H19FN4O3/c16-12-3-1-2-11(8-12)15(23)20-6-4-19(5-7-20)14(22)10-18-13(21)9-17/h1-3,8H,4-7,9-10,17H2,(H,18,21). The summed E-state index contributed by atoms with van der Waals surface area (Å²) in [5.41, 5.74) is 5.44. The summed E-state index contributed by atoms with van der Waals surface area (Å²) in [5.74, 6) is -1.32. The van der Waals surface area contributed by atoms with Gasteiger partial charge in [-0.2, -0.15) is 0 Å². The Morgan fingerprint density at radius 2 is 1.78 bits per heavy atom. The van der Waals surface area contributed by atoms with Crippen molar-refractivity contribution in [3.8, 4) is 0 Å². The molecule has 3 amide bonds. The summed E-state index contributed by atoms with van der Waals surface area (Å²) < 4.78 is 13.2. The van der Waals surface area contributed by atoms with Gasteiger partial charge in [0.25, 0.3) is 5.91 Å². The summed E-state index contributed by atoms with van der Waals surface area (Å²) in [7, 11) is 0. The first kappa shape index (κ1) is 16.9. The molecule has 7 nitrogen and oxygen atoms in total. The van der Waals surface area contributed by atoms with Gasteiger partial charge in [-0.1, -0.05) is 6.07 Å². The number of nitrogens with two attached hydrogens (primary N) is 1. The highest BCUT2D eigenvalue weighted by atomic mass is 19.1. The van der Waals surface area contributed by atoms with Crippen molar-refractivity contribution in [1.82, 2.24) is 15.1 Å². The number of hydrogen-bond acceptors (Lipinski definition) is 4. The maximum atomic E-state index is 13.2. The van der Waals surface area contributed by atoms with Crippen molar-refractivity contribution in [1.29, 1.82) is 0 Å². The highest BCUT2D eigenvalue weighted by Crippen LogP contribution is 2.10. The number of amides is 3. The molecule has 1 heterocycles. The number of benzene rings is 1. The molecule has 1 aromatic rings. The quantitative estimate of drug-likeness (QED) is 0.757. The molecule has 23 heavy (non-hydrogen) atoms. The average Bonchev–Trinajstić information content (AvgIpc) is 2.58. The molecule has 0 spiro atoms. The minimum Gasteiger partial charge on any atom is -0.346 e. The van der Waals surface area contributed by atoms with E-state index < -0.39 is 11.7 Å². The first-order valence-electron chi connectivity index (χ1n) is 7.30. The second-order valence-corrected chi connectivity index (χ2v) is 5.16. The van der Waals surface area contributed by atoms with Gasteiger partial charge in [-0.25, -0.2) is 4.39 Å². The molecule has 124 valence electrons. The number of nitrogens with zero attached hydrogens (tertiary/aromatic N) is 2. The molecule has 0 saturated carbocycles. The monoisotopic (exact) mass is 322 g/mol. The van der Waals surface area contributed by atoms with Crippen LogP contribution in [0.2, 0.25) is 0 Å². The Bertz CT molecular complexity index is 600. The van der Waals surface area contributed by atoms with Gasteiger partial charge in [0.15, 0.2) is 0 Å². The van der Waals surface area contributed by atoms with Crippen LogP contribution in [-0.2, 0) is 9.59 Å². The lowest BCUT2D eigenvalue weighted by molar-refractivity contribution is -0.133. The zero-order valence-corrected chi connectivity index (χ0v) is 12.6. The number of piperazine rings is 1. The minimum atomic E-state index is -0.458. The summed E-state index contributed by atoms with van der Waals surface area (Å²) in [6, 6.07) is 5.53. The van der Waals surface area contributed by atoms with E-state index in [1.807, 2.05) is 0 Å². The largest absolute Gasteiger partial charge is 0.346 e. The highest BCUT2D eigenvalue weighted by Gasteiger charge is 2.25. The molecule has 1 fully saturated rings. The molecule has 1 aliphatic heterocycles. The Morgan fingerprint density at radius 3 is 2.39 bits per heavy atom. The summed E-state index contributed by atoms with van der Waals surface area (Å²) in [4.78, 5) is 38.4. The van der Waals surface area contributed by atoms with Gasteiger partial charge in [-0.05, 0) is 18.2 Å². The first-order valence-corrected chi connectivity index (χ1v) is 7.30. The van der Waals surface area contributed by atoms with Crippen LogP contribution in [0.25, 0.3) is 0 Å². The van der Waals surface area contributed by atoms with Crippen LogP contribution in [-0.4, -0.2) is 66.8 Å². The Labute approximate surface area is 133 Å². The normalized spacial score (nSPS) is 14.5. The average molecular weight is 322 g/mol. The third kappa shape index (κ3) is 4.49. The van der Waals surface area contributed by atoms with Crippen LogP contribution in [0.15, 0.2) is 24.3 Å². The molecule has 0 atom stereocenters. The summed E-state index contributed by atoms with van der Waals surface area (Å²) >= 11 is 0. The van der Waals surface area contributed by atoms with E-state index in [4.69, 9.17) is 5.73 Å². The highest BCUT2D eigenvalue weighted by molar-refractivity contribution is 5.94. The van der Waals surface area contributed by atoms with Crippen LogP contribution in [0.5, 0.6) is 0 Å². The Hall–Kier alpha value is -2.48. The third-order valence-electron chi connectivity index (χ3n) is 3.61. The van der Waals surface area contributed by atoms with Crippen molar-refractivity contribution in [2.24, 2.45) is 5.73 Å². The second kappa shape index (κ2) is 7.68. The lowest BCUT2D eigenvalue weighted by Crippen LogP contribution is -2.52. The van der Waals surface area contributed by atoms with Gasteiger partial charge < -0.3 is 20.9 Å². The molecule has 0 bridgehead atoms. The third-order valence-corrected chi connectivity index (χ3v) is 3.61. The lowest BCUT2D eigenvalue weighted by atomic mass is 10.1. The second-order valence-electron chi connectivity index (χ2n) is 5.16. The van der Waals surface area contributed by atoms with Crippen molar-refractivity contribution >= 4 is 17.7 Å². The minimum absolute atomic E-state index is 0.103. The van der Waals surface area contributed by atoms with E-state index in [1.54, 1.807) is 15.9 Å². The summed E-state index contributed by atoms with van der Waals surface area (Å²) in [6.45, 7) is 1.21. The lowest BCUT2D eigenvalue weighted by Gasteiger charge is -2.34. The van der Waals surface area contributed by atoms with Gasteiger partial charge in [0, 0.05) is 31.7 Å². The van der Waals surface area contributed by atoms with Gasteiger partial charge >= 0.3 is 0 Å². The predicted molar refractivity (Wildman–Crippen MR) is 80.9 cm³/mol. The van der Waals surface area contributed by atoms with E-state index >= 15 is 0 Å². The summed E-state index contributed by atoms with van der Waals surface area (Å²) in [6.07, 6.45) is 0. The van der Waals surface area contributed by atoms with Crippen LogP contribution in [0.4, 0.5) is 4.39 Å². The maximum absolute atomic E-state index is 13.2. The number of nitrogens with one attached hydrogen (secondary N) is 1. The van der Waals surface area contributed by atoms with Gasteiger partial charge in [0.2, 0.25) is 11.8 Å². The predicted octanol–water partition coefficient (Wildman–Crippen LogP) is -0.815. The molecule has 2 rings (SSSR count). The summed E-state index contributed by atoms with van der Waals surface area (Å²) in [5, 5.41) is 2.42. The van der Waals surface area contributed by atoms with Gasteiger partial charge in [-0.15, -0.1) is 0 Å². The topological polar surface area (TPSA) is 95.7 Å². The first-order chi connectivity index (χ1) is 11.0. The van der Waals surface area contributed by atoms with Crippen molar-refractivity contribution in [2.75, 3.05) is 39.3 Å². The Morgan fingerprint density at radius 1 is 1.13 bits per heavy atom. The van der Waals surface area contributed by atoms with Crippen molar-refractivity contribution in [3.05, 3.63) is 35.6 Å². The smallest absolute Gasteiger partial charge is 0.254 e. The molecule has 8 heteroatoms. The van der Waals surface area contributed by atoms with Crippen molar-refractivity contribution in [2.45, 2.75) is 0 Å². The number of carbonyl (C=O) groups excluding carboxylic acids is 3. The molecule has 0 aliphatic carbocycles. The maximum Gasteiger partial charge on any atom is 0.254 e. The number of rotatable bonds is 4.